The highest BCUT2D eigenvalue weighted by Crippen LogP contribution is 2.17. The summed E-state index contributed by atoms with van der Waals surface area (Å²) in [5.74, 6) is 0.580. The van der Waals surface area contributed by atoms with Gasteiger partial charge >= 0.3 is 5.97 Å². The maximum atomic E-state index is 12.2. The molecule has 0 saturated carbocycles. The molecule has 0 aliphatic carbocycles. The highest BCUT2D eigenvalue weighted by Gasteiger charge is 2.14. The fourth-order valence-electron chi connectivity index (χ4n) is 2.25. The Bertz CT molecular complexity index is 944. The van der Waals surface area contributed by atoms with E-state index in [0.29, 0.717) is 22.2 Å². The fraction of sp³-hybridized carbons (Fsp3) is 0.200. The Morgan fingerprint density at radius 3 is 2.48 bits per heavy atom. The van der Waals surface area contributed by atoms with E-state index < -0.39 is 5.97 Å². The van der Waals surface area contributed by atoms with E-state index in [0.717, 1.165) is 11.3 Å². The Morgan fingerprint density at radius 1 is 1.00 bits per heavy atom. The average molecular weight is 413 g/mol. The number of rotatable bonds is 9. The van der Waals surface area contributed by atoms with Gasteiger partial charge in [-0.1, -0.05) is 29.5 Å². The van der Waals surface area contributed by atoms with Crippen molar-refractivity contribution in [2.45, 2.75) is 13.0 Å². The van der Waals surface area contributed by atoms with Crippen molar-refractivity contribution in [3.05, 3.63) is 64.6 Å². The fourth-order valence-corrected chi connectivity index (χ4v) is 2.89. The van der Waals surface area contributed by atoms with Crippen molar-refractivity contribution < 1.29 is 23.8 Å². The molecular formula is C20H19N3O5S. The van der Waals surface area contributed by atoms with E-state index in [1.165, 1.54) is 0 Å². The summed E-state index contributed by atoms with van der Waals surface area (Å²) >= 11 is 1.06. The molecule has 0 bridgehead atoms. The zero-order valence-corrected chi connectivity index (χ0v) is 16.5. The van der Waals surface area contributed by atoms with Crippen LogP contribution in [-0.4, -0.2) is 35.8 Å². The molecule has 1 heterocycles. The second-order valence-electron chi connectivity index (χ2n) is 5.76. The lowest BCUT2D eigenvalue weighted by Gasteiger charge is -2.05. The van der Waals surface area contributed by atoms with Crippen LogP contribution in [0, 0.1) is 0 Å². The van der Waals surface area contributed by atoms with Gasteiger partial charge in [0.2, 0.25) is 5.01 Å². The maximum absolute atomic E-state index is 12.2. The second-order valence-corrected chi connectivity index (χ2v) is 6.82. The third-order valence-electron chi connectivity index (χ3n) is 3.68. The number of carbonyl (C=O) groups is 2. The number of amides is 1. The van der Waals surface area contributed by atoms with E-state index in [-0.39, 0.29) is 30.5 Å². The number of nitrogens with one attached hydrogen (secondary N) is 1. The maximum Gasteiger partial charge on any atom is 0.309 e. The van der Waals surface area contributed by atoms with Gasteiger partial charge in [-0.05, 0) is 36.4 Å². The Balaban J connectivity index is 1.42. The van der Waals surface area contributed by atoms with Crippen molar-refractivity contribution >= 4 is 28.9 Å². The van der Waals surface area contributed by atoms with Crippen LogP contribution in [0.25, 0.3) is 0 Å². The highest BCUT2D eigenvalue weighted by molar-refractivity contribution is 7.13. The van der Waals surface area contributed by atoms with Crippen LogP contribution >= 0.6 is 11.3 Å². The zero-order chi connectivity index (χ0) is 20.5. The predicted molar refractivity (Wildman–Crippen MR) is 107 cm³/mol. The van der Waals surface area contributed by atoms with E-state index in [2.05, 4.69) is 15.5 Å². The molecule has 0 saturated heterocycles. The molecule has 0 aliphatic rings. The van der Waals surface area contributed by atoms with Gasteiger partial charge < -0.3 is 19.5 Å². The lowest BCUT2D eigenvalue weighted by Crippen LogP contribution is -2.11. The molecule has 3 aromatic rings. The number of methoxy groups -OCH3 is 1. The van der Waals surface area contributed by atoms with Crippen molar-refractivity contribution in [2.75, 3.05) is 19.0 Å². The van der Waals surface area contributed by atoms with Crippen LogP contribution in [0.3, 0.4) is 0 Å². The Labute approximate surface area is 171 Å². The first kappa shape index (κ1) is 20.3. The molecule has 0 aliphatic heterocycles. The standard InChI is InChI=1S/C20H19N3O5S/c1-26-15-9-7-14(8-10-15)21-19(25)20-23-22-17(29-20)13-28-18(24)11-12-27-16-5-3-2-4-6-16/h2-10H,11-13H2,1H3,(H,21,25). The van der Waals surface area contributed by atoms with E-state index in [1.807, 2.05) is 30.3 Å². The lowest BCUT2D eigenvalue weighted by atomic mass is 10.3. The third kappa shape index (κ3) is 6.28. The van der Waals surface area contributed by atoms with Gasteiger partial charge in [-0.15, -0.1) is 10.2 Å². The number of esters is 1. The molecule has 0 fully saturated rings. The second kappa shape index (κ2) is 10.2. The van der Waals surface area contributed by atoms with Crippen molar-refractivity contribution in [2.24, 2.45) is 0 Å². The minimum atomic E-state index is -0.416. The summed E-state index contributed by atoms with van der Waals surface area (Å²) in [5.41, 5.74) is 0.609. The SMILES string of the molecule is COc1ccc(NC(=O)c2nnc(COC(=O)CCOc3ccccc3)s2)cc1. The summed E-state index contributed by atoms with van der Waals surface area (Å²) in [5, 5.41) is 11.1. The number of para-hydroxylation sites is 1. The van der Waals surface area contributed by atoms with E-state index in [9.17, 15) is 9.59 Å². The summed E-state index contributed by atoms with van der Waals surface area (Å²) in [7, 11) is 1.57. The van der Waals surface area contributed by atoms with E-state index in [4.69, 9.17) is 14.2 Å². The number of hydrogen-bond acceptors (Lipinski definition) is 8. The van der Waals surface area contributed by atoms with Gasteiger partial charge in [0.15, 0.2) is 5.01 Å². The number of aromatic nitrogens is 2. The molecule has 0 atom stereocenters. The van der Waals surface area contributed by atoms with E-state index in [1.54, 1.807) is 31.4 Å². The van der Waals surface area contributed by atoms with Crippen molar-refractivity contribution in [3.8, 4) is 11.5 Å². The molecular weight excluding hydrogens is 394 g/mol. The molecule has 29 heavy (non-hydrogen) atoms. The van der Waals surface area contributed by atoms with Crippen molar-refractivity contribution in [1.29, 1.82) is 0 Å². The molecule has 2 aromatic carbocycles. The summed E-state index contributed by atoms with van der Waals surface area (Å²) in [6.07, 6.45) is 0.110. The summed E-state index contributed by atoms with van der Waals surface area (Å²) in [6.45, 7) is 0.173. The van der Waals surface area contributed by atoms with Gasteiger partial charge in [0.1, 0.15) is 18.1 Å². The lowest BCUT2D eigenvalue weighted by molar-refractivity contribution is -0.145. The highest BCUT2D eigenvalue weighted by atomic mass is 32.1. The molecule has 150 valence electrons. The minimum Gasteiger partial charge on any atom is -0.497 e. The van der Waals surface area contributed by atoms with Crippen molar-refractivity contribution in [3.63, 3.8) is 0 Å². The van der Waals surface area contributed by atoms with Gasteiger partial charge in [-0.3, -0.25) is 9.59 Å². The van der Waals surface area contributed by atoms with Crippen LogP contribution < -0.4 is 14.8 Å². The quantitative estimate of drug-likeness (QED) is 0.537. The van der Waals surface area contributed by atoms with Crippen LogP contribution in [0.1, 0.15) is 21.2 Å². The number of carbonyl (C=O) groups excluding carboxylic acids is 2. The van der Waals surface area contributed by atoms with E-state index >= 15 is 0 Å². The monoisotopic (exact) mass is 413 g/mol. The van der Waals surface area contributed by atoms with Crippen LogP contribution in [0.4, 0.5) is 5.69 Å². The molecule has 1 amide bonds. The predicted octanol–water partition coefficient (Wildman–Crippen LogP) is 3.31. The van der Waals surface area contributed by atoms with Crippen LogP contribution in [0.5, 0.6) is 11.5 Å². The largest absolute Gasteiger partial charge is 0.497 e. The molecule has 9 heteroatoms. The molecule has 0 spiro atoms. The summed E-state index contributed by atoms with van der Waals surface area (Å²) < 4.78 is 15.7. The van der Waals surface area contributed by atoms with Crippen LogP contribution in [0.15, 0.2) is 54.6 Å². The average Bonchev–Trinajstić information content (AvgIpc) is 3.23. The smallest absolute Gasteiger partial charge is 0.309 e. The molecule has 0 unspecified atom stereocenters. The van der Waals surface area contributed by atoms with Crippen LogP contribution in [-0.2, 0) is 16.1 Å². The van der Waals surface area contributed by atoms with Crippen molar-refractivity contribution in [1.82, 2.24) is 10.2 Å². The Hall–Kier alpha value is -3.46. The number of hydrogen-bond donors (Lipinski definition) is 1. The van der Waals surface area contributed by atoms with Crippen LogP contribution in [0.2, 0.25) is 0 Å². The topological polar surface area (TPSA) is 99.6 Å². The molecule has 0 radical (unpaired) electrons. The third-order valence-corrected chi connectivity index (χ3v) is 4.58. The molecule has 3 rings (SSSR count). The Kier molecular flexibility index (Phi) is 7.12. The first-order valence-electron chi connectivity index (χ1n) is 8.75. The normalized spacial score (nSPS) is 10.2. The zero-order valence-electron chi connectivity index (χ0n) is 15.7. The molecule has 8 nitrogen and oxygen atoms in total. The molecule has 1 aromatic heterocycles. The number of anilines is 1. The summed E-state index contributed by atoms with van der Waals surface area (Å²) in [4.78, 5) is 24.0. The molecule has 1 N–H and O–H groups in total. The number of nitrogens with zero attached hydrogens (tertiary/aromatic N) is 2. The minimum absolute atomic E-state index is 0.0440. The van der Waals surface area contributed by atoms with Gasteiger partial charge in [0.25, 0.3) is 5.91 Å². The first-order valence-corrected chi connectivity index (χ1v) is 9.57. The number of benzene rings is 2. The number of ether oxygens (including phenoxy) is 3. The summed E-state index contributed by atoms with van der Waals surface area (Å²) in [6, 6.07) is 16.1. The van der Waals surface area contributed by atoms with Gasteiger partial charge in [-0.25, -0.2) is 0 Å². The first-order chi connectivity index (χ1) is 14.1. The van der Waals surface area contributed by atoms with Gasteiger partial charge in [0.05, 0.1) is 20.1 Å². The van der Waals surface area contributed by atoms with Gasteiger partial charge in [-0.2, -0.15) is 0 Å². The Morgan fingerprint density at radius 2 is 1.76 bits per heavy atom. The van der Waals surface area contributed by atoms with Gasteiger partial charge in [0, 0.05) is 5.69 Å².